The second kappa shape index (κ2) is 6.89. The van der Waals surface area contributed by atoms with Crippen LogP contribution in [0.3, 0.4) is 0 Å². The summed E-state index contributed by atoms with van der Waals surface area (Å²) in [6.07, 6.45) is 3.56. The van der Waals surface area contributed by atoms with E-state index in [1.807, 2.05) is 4.90 Å². The lowest BCUT2D eigenvalue weighted by Gasteiger charge is -2.33. The van der Waals surface area contributed by atoms with Gasteiger partial charge < -0.3 is 10.6 Å². The van der Waals surface area contributed by atoms with Crippen molar-refractivity contribution in [2.24, 2.45) is 11.7 Å². The van der Waals surface area contributed by atoms with Crippen molar-refractivity contribution >= 4 is 5.91 Å². The van der Waals surface area contributed by atoms with Crippen LogP contribution in [0.25, 0.3) is 0 Å². The maximum Gasteiger partial charge on any atom is 0.222 e. The van der Waals surface area contributed by atoms with E-state index < -0.39 is 0 Å². The van der Waals surface area contributed by atoms with E-state index >= 15 is 0 Å². The van der Waals surface area contributed by atoms with Gasteiger partial charge in [0.25, 0.3) is 0 Å². The van der Waals surface area contributed by atoms with Crippen LogP contribution in [-0.4, -0.2) is 29.9 Å². The SMILES string of the molecule is Cc1ccc(CCC(=O)N2CCC(C(C)N)CC2)cc1. The van der Waals surface area contributed by atoms with Crippen molar-refractivity contribution in [2.75, 3.05) is 13.1 Å². The molecule has 1 heterocycles. The average Bonchev–Trinajstić information content (AvgIpc) is 2.46. The van der Waals surface area contributed by atoms with Gasteiger partial charge in [-0.2, -0.15) is 0 Å². The summed E-state index contributed by atoms with van der Waals surface area (Å²) in [7, 11) is 0. The molecule has 1 unspecified atom stereocenters. The molecule has 0 aliphatic carbocycles. The number of benzene rings is 1. The van der Waals surface area contributed by atoms with Gasteiger partial charge in [0.05, 0.1) is 0 Å². The molecular weight excluding hydrogens is 248 g/mol. The van der Waals surface area contributed by atoms with Crippen LogP contribution in [0.15, 0.2) is 24.3 Å². The number of rotatable bonds is 4. The Morgan fingerprint density at radius 1 is 1.30 bits per heavy atom. The van der Waals surface area contributed by atoms with E-state index in [4.69, 9.17) is 5.73 Å². The molecule has 1 fully saturated rings. The van der Waals surface area contributed by atoms with Crippen molar-refractivity contribution in [2.45, 2.75) is 45.6 Å². The highest BCUT2D eigenvalue weighted by atomic mass is 16.2. The predicted molar refractivity (Wildman–Crippen MR) is 82.5 cm³/mol. The Bertz CT molecular complexity index is 431. The second-order valence-electron chi connectivity index (χ2n) is 6.06. The minimum atomic E-state index is 0.250. The third kappa shape index (κ3) is 4.07. The molecule has 1 atom stereocenters. The van der Waals surface area contributed by atoms with Crippen LogP contribution < -0.4 is 5.73 Å². The number of carbonyl (C=O) groups excluding carboxylic acids is 1. The fraction of sp³-hybridized carbons (Fsp3) is 0.588. The fourth-order valence-corrected chi connectivity index (χ4v) is 2.84. The molecule has 0 saturated carbocycles. The van der Waals surface area contributed by atoms with Gasteiger partial charge in [-0.1, -0.05) is 29.8 Å². The minimum absolute atomic E-state index is 0.250. The summed E-state index contributed by atoms with van der Waals surface area (Å²) >= 11 is 0. The zero-order valence-electron chi connectivity index (χ0n) is 12.6. The molecule has 3 nitrogen and oxygen atoms in total. The molecule has 110 valence electrons. The highest BCUT2D eigenvalue weighted by Crippen LogP contribution is 2.20. The Labute approximate surface area is 122 Å². The number of likely N-dealkylation sites (tertiary alicyclic amines) is 1. The van der Waals surface area contributed by atoms with Crippen LogP contribution in [-0.2, 0) is 11.2 Å². The van der Waals surface area contributed by atoms with Gasteiger partial charge in [0.1, 0.15) is 0 Å². The first kappa shape index (κ1) is 15.0. The van der Waals surface area contributed by atoms with E-state index in [9.17, 15) is 4.79 Å². The number of carbonyl (C=O) groups is 1. The summed E-state index contributed by atoms with van der Waals surface area (Å²) < 4.78 is 0. The molecule has 3 heteroatoms. The standard InChI is InChI=1S/C17H26N2O/c1-13-3-5-15(6-4-13)7-8-17(20)19-11-9-16(10-12-19)14(2)18/h3-6,14,16H,7-12,18H2,1-2H3. The van der Waals surface area contributed by atoms with E-state index in [1.165, 1.54) is 11.1 Å². The molecule has 1 aliphatic heterocycles. The van der Waals surface area contributed by atoms with Crippen LogP contribution in [0.5, 0.6) is 0 Å². The number of amides is 1. The molecule has 0 bridgehead atoms. The predicted octanol–water partition coefficient (Wildman–Crippen LogP) is 2.51. The smallest absolute Gasteiger partial charge is 0.222 e. The van der Waals surface area contributed by atoms with Gasteiger partial charge in [0.15, 0.2) is 0 Å². The largest absolute Gasteiger partial charge is 0.343 e. The van der Waals surface area contributed by atoms with Crippen molar-refractivity contribution in [1.29, 1.82) is 0 Å². The zero-order valence-corrected chi connectivity index (χ0v) is 12.6. The van der Waals surface area contributed by atoms with Gasteiger partial charge >= 0.3 is 0 Å². The van der Waals surface area contributed by atoms with Crippen LogP contribution in [0, 0.1) is 12.8 Å². The summed E-state index contributed by atoms with van der Waals surface area (Å²) in [5.41, 5.74) is 8.44. The summed E-state index contributed by atoms with van der Waals surface area (Å²) in [6.45, 7) is 5.90. The molecular formula is C17H26N2O. The van der Waals surface area contributed by atoms with Crippen molar-refractivity contribution in [3.8, 4) is 0 Å². The van der Waals surface area contributed by atoms with E-state index in [0.717, 1.165) is 32.4 Å². The van der Waals surface area contributed by atoms with Crippen LogP contribution >= 0.6 is 0 Å². The Morgan fingerprint density at radius 3 is 2.45 bits per heavy atom. The summed E-state index contributed by atoms with van der Waals surface area (Å²) in [6, 6.07) is 8.69. The number of aryl methyl sites for hydroxylation is 2. The first-order chi connectivity index (χ1) is 9.56. The van der Waals surface area contributed by atoms with Crippen molar-refractivity contribution in [1.82, 2.24) is 4.90 Å². The van der Waals surface area contributed by atoms with Crippen molar-refractivity contribution in [3.63, 3.8) is 0 Å². The van der Waals surface area contributed by atoms with E-state index in [-0.39, 0.29) is 11.9 Å². The number of hydrogen-bond donors (Lipinski definition) is 1. The molecule has 0 aromatic heterocycles. The van der Waals surface area contributed by atoms with Gasteiger partial charge in [-0.15, -0.1) is 0 Å². The number of piperidine rings is 1. The molecule has 1 aliphatic rings. The first-order valence-electron chi connectivity index (χ1n) is 7.65. The highest BCUT2D eigenvalue weighted by molar-refractivity contribution is 5.76. The lowest BCUT2D eigenvalue weighted by molar-refractivity contribution is -0.132. The summed E-state index contributed by atoms with van der Waals surface area (Å²) in [5, 5.41) is 0. The Balaban J connectivity index is 1.77. The minimum Gasteiger partial charge on any atom is -0.343 e. The van der Waals surface area contributed by atoms with Crippen LogP contribution in [0.1, 0.15) is 37.3 Å². The zero-order chi connectivity index (χ0) is 14.5. The third-order valence-corrected chi connectivity index (χ3v) is 4.38. The molecule has 20 heavy (non-hydrogen) atoms. The second-order valence-corrected chi connectivity index (χ2v) is 6.06. The fourth-order valence-electron chi connectivity index (χ4n) is 2.84. The molecule has 1 aromatic carbocycles. The average molecular weight is 274 g/mol. The van der Waals surface area contributed by atoms with Crippen LogP contribution in [0.4, 0.5) is 0 Å². The quantitative estimate of drug-likeness (QED) is 0.917. The normalized spacial score (nSPS) is 18.1. The Kier molecular flexibility index (Phi) is 5.18. The monoisotopic (exact) mass is 274 g/mol. The summed E-state index contributed by atoms with van der Waals surface area (Å²) in [5.74, 6) is 0.866. The van der Waals surface area contributed by atoms with Gasteiger partial charge in [-0.3, -0.25) is 4.79 Å². The van der Waals surface area contributed by atoms with Crippen molar-refractivity contribution in [3.05, 3.63) is 35.4 Å². The molecule has 0 radical (unpaired) electrons. The number of hydrogen-bond acceptors (Lipinski definition) is 2. The highest BCUT2D eigenvalue weighted by Gasteiger charge is 2.24. The molecule has 2 N–H and O–H groups in total. The third-order valence-electron chi connectivity index (χ3n) is 4.38. The molecule has 1 aromatic rings. The van der Waals surface area contributed by atoms with Crippen molar-refractivity contribution < 1.29 is 4.79 Å². The van der Waals surface area contributed by atoms with Crippen LogP contribution in [0.2, 0.25) is 0 Å². The van der Waals surface area contributed by atoms with E-state index in [0.29, 0.717) is 12.3 Å². The lowest BCUT2D eigenvalue weighted by Crippen LogP contribution is -2.42. The van der Waals surface area contributed by atoms with Gasteiger partial charge in [0.2, 0.25) is 5.91 Å². The van der Waals surface area contributed by atoms with E-state index in [1.54, 1.807) is 0 Å². The maximum atomic E-state index is 12.2. The lowest BCUT2D eigenvalue weighted by atomic mass is 9.91. The number of nitrogens with two attached hydrogens (primary N) is 1. The first-order valence-corrected chi connectivity index (χ1v) is 7.65. The molecule has 1 amide bonds. The molecule has 2 rings (SSSR count). The maximum absolute atomic E-state index is 12.2. The number of nitrogens with zero attached hydrogens (tertiary/aromatic N) is 1. The van der Waals surface area contributed by atoms with Gasteiger partial charge in [-0.25, -0.2) is 0 Å². The summed E-state index contributed by atoms with van der Waals surface area (Å²) in [4.78, 5) is 14.2. The molecule has 1 saturated heterocycles. The van der Waals surface area contributed by atoms with Gasteiger partial charge in [0, 0.05) is 25.6 Å². The Morgan fingerprint density at radius 2 is 1.90 bits per heavy atom. The topological polar surface area (TPSA) is 46.3 Å². The van der Waals surface area contributed by atoms with Gasteiger partial charge in [-0.05, 0) is 44.6 Å². The molecule has 0 spiro atoms. The Hall–Kier alpha value is -1.35. The van der Waals surface area contributed by atoms with E-state index in [2.05, 4.69) is 38.1 Å².